The lowest BCUT2D eigenvalue weighted by molar-refractivity contribution is -0.915. The number of anilines is 1. The van der Waals surface area contributed by atoms with Crippen LogP contribution in [0, 0.1) is 0 Å². The molecule has 2 aromatic carbocycles. The summed E-state index contributed by atoms with van der Waals surface area (Å²) in [5.41, 5.74) is 2.10. The van der Waals surface area contributed by atoms with Gasteiger partial charge in [0, 0.05) is 15.7 Å². The van der Waals surface area contributed by atoms with Crippen LogP contribution in [0.15, 0.2) is 57.5 Å². The van der Waals surface area contributed by atoms with Crippen molar-refractivity contribution in [3.05, 3.63) is 58.9 Å². The van der Waals surface area contributed by atoms with E-state index in [1.165, 1.54) is 4.90 Å². The minimum Gasteiger partial charge on any atom is -0.508 e. The van der Waals surface area contributed by atoms with Gasteiger partial charge in [0.25, 0.3) is 5.89 Å². The Kier molecular flexibility index (Phi) is 4.90. The molecular formula is C19H20BrN4O2+. The SMILES string of the molecule is Oc1ccc(N2CC[NH+](Cc3nc(-c4cccc(Br)c4)no3)CC2)cc1. The minimum absolute atomic E-state index is 0.302. The van der Waals surface area contributed by atoms with Crippen LogP contribution in [0.5, 0.6) is 5.75 Å². The van der Waals surface area contributed by atoms with Crippen molar-refractivity contribution in [1.82, 2.24) is 10.1 Å². The molecule has 26 heavy (non-hydrogen) atoms. The first-order chi connectivity index (χ1) is 12.7. The average molecular weight is 416 g/mol. The summed E-state index contributed by atoms with van der Waals surface area (Å²) in [6.07, 6.45) is 0. The predicted molar refractivity (Wildman–Crippen MR) is 102 cm³/mol. The molecule has 1 aliphatic heterocycles. The topological polar surface area (TPSA) is 66.8 Å². The van der Waals surface area contributed by atoms with E-state index < -0.39 is 0 Å². The van der Waals surface area contributed by atoms with E-state index in [1.54, 1.807) is 12.1 Å². The Labute approximate surface area is 160 Å². The number of rotatable bonds is 4. The number of halogens is 1. The summed E-state index contributed by atoms with van der Waals surface area (Å²) in [7, 11) is 0. The lowest BCUT2D eigenvalue weighted by atomic mass is 10.2. The van der Waals surface area contributed by atoms with Crippen molar-refractivity contribution in [1.29, 1.82) is 0 Å². The van der Waals surface area contributed by atoms with Gasteiger partial charge in [-0.2, -0.15) is 4.98 Å². The second kappa shape index (κ2) is 7.47. The summed E-state index contributed by atoms with van der Waals surface area (Å²) >= 11 is 3.47. The van der Waals surface area contributed by atoms with Crippen molar-refractivity contribution in [2.75, 3.05) is 31.1 Å². The zero-order chi connectivity index (χ0) is 17.9. The third-order valence-electron chi connectivity index (χ3n) is 4.64. The van der Waals surface area contributed by atoms with Crippen LogP contribution >= 0.6 is 15.9 Å². The lowest BCUT2D eigenvalue weighted by Crippen LogP contribution is -3.13. The molecule has 0 atom stereocenters. The zero-order valence-corrected chi connectivity index (χ0v) is 15.8. The maximum absolute atomic E-state index is 9.41. The Morgan fingerprint density at radius 1 is 1.12 bits per heavy atom. The van der Waals surface area contributed by atoms with Crippen LogP contribution in [0.3, 0.4) is 0 Å². The molecule has 1 aromatic heterocycles. The van der Waals surface area contributed by atoms with Gasteiger partial charge in [0.05, 0.1) is 26.2 Å². The summed E-state index contributed by atoms with van der Waals surface area (Å²) in [4.78, 5) is 8.31. The number of hydrogen-bond acceptors (Lipinski definition) is 5. The fourth-order valence-corrected chi connectivity index (χ4v) is 3.61. The van der Waals surface area contributed by atoms with E-state index in [1.807, 2.05) is 36.4 Å². The molecule has 6 nitrogen and oxygen atoms in total. The number of aromatic nitrogens is 2. The quantitative estimate of drug-likeness (QED) is 0.682. The smallest absolute Gasteiger partial charge is 0.282 e. The monoisotopic (exact) mass is 415 g/mol. The summed E-state index contributed by atoms with van der Waals surface area (Å²) in [6, 6.07) is 15.3. The number of hydrogen-bond donors (Lipinski definition) is 2. The average Bonchev–Trinajstić information content (AvgIpc) is 3.12. The van der Waals surface area contributed by atoms with Crippen LogP contribution < -0.4 is 9.80 Å². The summed E-state index contributed by atoms with van der Waals surface area (Å²) in [5.74, 6) is 1.60. The number of benzene rings is 2. The molecular weight excluding hydrogens is 396 g/mol. The number of quaternary nitrogens is 1. The van der Waals surface area contributed by atoms with Crippen LogP contribution in [0.2, 0.25) is 0 Å². The van der Waals surface area contributed by atoms with Crippen molar-refractivity contribution < 1.29 is 14.5 Å². The summed E-state index contributed by atoms with van der Waals surface area (Å²) < 4.78 is 6.45. The minimum atomic E-state index is 0.302. The van der Waals surface area contributed by atoms with Crippen LogP contribution in [-0.2, 0) is 6.54 Å². The van der Waals surface area contributed by atoms with E-state index in [9.17, 15) is 5.11 Å². The predicted octanol–water partition coefficient (Wildman–Crippen LogP) is 2.11. The Morgan fingerprint density at radius 2 is 1.88 bits per heavy atom. The van der Waals surface area contributed by atoms with E-state index in [2.05, 4.69) is 31.0 Å². The van der Waals surface area contributed by atoms with Gasteiger partial charge in [-0.3, -0.25) is 0 Å². The largest absolute Gasteiger partial charge is 0.508 e. The van der Waals surface area contributed by atoms with Gasteiger partial charge in [-0.1, -0.05) is 33.2 Å². The Hall–Kier alpha value is -2.38. The Bertz CT molecular complexity index is 873. The van der Waals surface area contributed by atoms with E-state index in [-0.39, 0.29) is 0 Å². The van der Waals surface area contributed by atoms with Crippen LogP contribution in [-0.4, -0.2) is 41.4 Å². The number of piperazine rings is 1. The molecule has 0 saturated carbocycles. The van der Waals surface area contributed by atoms with Crippen LogP contribution in [0.25, 0.3) is 11.4 Å². The van der Waals surface area contributed by atoms with Gasteiger partial charge < -0.3 is 19.4 Å². The highest BCUT2D eigenvalue weighted by Crippen LogP contribution is 2.20. The number of aromatic hydroxyl groups is 1. The maximum atomic E-state index is 9.41. The normalized spacial score (nSPS) is 15.3. The highest BCUT2D eigenvalue weighted by atomic mass is 79.9. The first-order valence-corrected chi connectivity index (χ1v) is 9.43. The van der Waals surface area contributed by atoms with Gasteiger partial charge in [0.1, 0.15) is 5.75 Å². The van der Waals surface area contributed by atoms with Crippen molar-refractivity contribution in [2.24, 2.45) is 0 Å². The van der Waals surface area contributed by atoms with Crippen LogP contribution in [0.4, 0.5) is 5.69 Å². The fourth-order valence-electron chi connectivity index (χ4n) is 3.21. The Balaban J connectivity index is 1.35. The second-order valence-electron chi connectivity index (χ2n) is 6.45. The molecule has 0 radical (unpaired) electrons. The van der Waals surface area contributed by atoms with E-state index >= 15 is 0 Å². The van der Waals surface area contributed by atoms with Gasteiger partial charge in [-0.05, 0) is 36.4 Å². The molecule has 0 amide bonds. The molecule has 0 bridgehead atoms. The second-order valence-corrected chi connectivity index (χ2v) is 7.37. The van der Waals surface area contributed by atoms with Gasteiger partial charge in [0.15, 0.2) is 6.54 Å². The Morgan fingerprint density at radius 3 is 2.62 bits per heavy atom. The molecule has 2 heterocycles. The first-order valence-electron chi connectivity index (χ1n) is 8.63. The lowest BCUT2D eigenvalue weighted by Gasteiger charge is -2.33. The van der Waals surface area contributed by atoms with Crippen molar-refractivity contribution in [3.63, 3.8) is 0 Å². The summed E-state index contributed by atoms with van der Waals surface area (Å²) in [5, 5.41) is 13.5. The molecule has 7 heteroatoms. The van der Waals surface area contributed by atoms with E-state index in [4.69, 9.17) is 4.52 Å². The molecule has 3 aromatic rings. The fraction of sp³-hybridized carbons (Fsp3) is 0.263. The van der Waals surface area contributed by atoms with Gasteiger partial charge in [-0.25, -0.2) is 0 Å². The van der Waals surface area contributed by atoms with Crippen LogP contribution in [0.1, 0.15) is 5.89 Å². The molecule has 0 aliphatic carbocycles. The molecule has 1 fully saturated rings. The maximum Gasteiger partial charge on any atom is 0.282 e. The van der Waals surface area contributed by atoms with E-state index in [0.717, 1.165) is 48.4 Å². The molecule has 4 rings (SSSR count). The highest BCUT2D eigenvalue weighted by molar-refractivity contribution is 9.10. The van der Waals surface area contributed by atoms with Gasteiger partial charge in [0.2, 0.25) is 5.82 Å². The summed E-state index contributed by atoms with van der Waals surface area (Å²) in [6.45, 7) is 4.69. The van der Waals surface area contributed by atoms with Crippen molar-refractivity contribution in [3.8, 4) is 17.1 Å². The number of phenolic OH excluding ortho intramolecular Hbond substituents is 1. The van der Waals surface area contributed by atoms with Crippen molar-refractivity contribution in [2.45, 2.75) is 6.54 Å². The molecule has 0 spiro atoms. The van der Waals surface area contributed by atoms with E-state index in [0.29, 0.717) is 17.5 Å². The zero-order valence-electron chi connectivity index (χ0n) is 14.2. The third kappa shape index (κ3) is 3.89. The number of nitrogens with zero attached hydrogens (tertiary/aromatic N) is 3. The standard InChI is InChI=1S/C19H19BrN4O2/c20-15-3-1-2-14(12-15)19-21-18(26-22-19)13-23-8-10-24(11-9-23)16-4-6-17(25)7-5-16/h1-7,12,25H,8-11,13H2/p+1. The van der Waals surface area contributed by atoms with Crippen molar-refractivity contribution >= 4 is 21.6 Å². The third-order valence-corrected chi connectivity index (χ3v) is 5.13. The van der Waals surface area contributed by atoms with Gasteiger partial charge in [-0.15, -0.1) is 0 Å². The molecule has 134 valence electrons. The molecule has 0 unspecified atom stereocenters. The number of phenols is 1. The van der Waals surface area contributed by atoms with Gasteiger partial charge >= 0.3 is 0 Å². The highest BCUT2D eigenvalue weighted by Gasteiger charge is 2.22. The number of nitrogens with one attached hydrogen (secondary N) is 1. The first kappa shape index (κ1) is 17.1. The molecule has 1 saturated heterocycles. The molecule has 2 N–H and O–H groups in total. The molecule has 1 aliphatic rings.